The third-order valence-electron chi connectivity index (χ3n) is 4.79. The lowest BCUT2D eigenvalue weighted by molar-refractivity contribution is 0.128. The van der Waals surface area contributed by atoms with Crippen molar-refractivity contribution in [3.05, 3.63) is 35.9 Å². The number of benzene rings is 1. The molecule has 0 radical (unpaired) electrons. The molecule has 1 aliphatic rings. The number of likely N-dealkylation sites (tertiary alicyclic amines) is 1. The predicted molar refractivity (Wildman–Crippen MR) is 91.5 cm³/mol. The quantitative estimate of drug-likeness (QED) is 0.807. The van der Waals surface area contributed by atoms with Gasteiger partial charge in [0.25, 0.3) is 0 Å². The molecule has 0 bridgehead atoms. The summed E-state index contributed by atoms with van der Waals surface area (Å²) in [6.45, 7) is 11.9. The zero-order valence-electron chi connectivity index (χ0n) is 14.1. The van der Waals surface area contributed by atoms with Crippen molar-refractivity contribution in [2.24, 2.45) is 5.41 Å². The molecular weight excluding hydrogens is 256 g/mol. The van der Waals surface area contributed by atoms with Crippen molar-refractivity contribution in [1.29, 1.82) is 0 Å². The van der Waals surface area contributed by atoms with Crippen molar-refractivity contribution in [1.82, 2.24) is 10.2 Å². The van der Waals surface area contributed by atoms with Gasteiger partial charge in [-0.2, -0.15) is 0 Å². The van der Waals surface area contributed by atoms with Gasteiger partial charge in [-0.25, -0.2) is 0 Å². The van der Waals surface area contributed by atoms with Crippen molar-refractivity contribution < 1.29 is 0 Å². The molecule has 0 saturated carbocycles. The summed E-state index contributed by atoms with van der Waals surface area (Å²) in [5.41, 5.74) is 1.98. The average Bonchev–Trinajstić information content (AvgIpc) is 2.49. The Morgan fingerprint density at radius 1 is 1.14 bits per heavy atom. The van der Waals surface area contributed by atoms with Gasteiger partial charge in [-0.1, -0.05) is 51.1 Å². The molecular formula is C19H32N2. The van der Waals surface area contributed by atoms with Crippen LogP contribution in [0.3, 0.4) is 0 Å². The van der Waals surface area contributed by atoms with Crippen LogP contribution in [-0.4, -0.2) is 31.1 Å². The Morgan fingerprint density at radius 3 is 2.43 bits per heavy atom. The maximum atomic E-state index is 3.71. The van der Waals surface area contributed by atoms with Crippen LogP contribution in [0.15, 0.2) is 30.3 Å². The largest absolute Gasteiger partial charge is 0.310 e. The van der Waals surface area contributed by atoms with Crippen LogP contribution in [0.5, 0.6) is 0 Å². The molecule has 1 fully saturated rings. The zero-order valence-corrected chi connectivity index (χ0v) is 14.1. The molecule has 0 spiro atoms. The number of piperidine rings is 1. The van der Waals surface area contributed by atoms with Crippen LogP contribution in [0.1, 0.15) is 58.1 Å². The SMILES string of the molecule is CCCNC(CCN1CCC(C)(C)CC1)c1ccccc1. The van der Waals surface area contributed by atoms with E-state index >= 15 is 0 Å². The number of nitrogens with zero attached hydrogens (tertiary/aromatic N) is 1. The summed E-state index contributed by atoms with van der Waals surface area (Å²) >= 11 is 0. The molecule has 1 N–H and O–H groups in total. The fourth-order valence-corrected chi connectivity index (χ4v) is 3.08. The minimum absolute atomic E-state index is 0.501. The van der Waals surface area contributed by atoms with E-state index in [0.717, 1.165) is 6.54 Å². The lowest BCUT2D eigenvalue weighted by Gasteiger charge is -2.37. The summed E-state index contributed by atoms with van der Waals surface area (Å²) in [5, 5.41) is 3.71. The highest BCUT2D eigenvalue weighted by Crippen LogP contribution is 2.30. The van der Waals surface area contributed by atoms with Gasteiger partial charge in [-0.3, -0.25) is 0 Å². The van der Waals surface area contributed by atoms with E-state index in [9.17, 15) is 0 Å². The van der Waals surface area contributed by atoms with Crippen LogP contribution in [0.4, 0.5) is 0 Å². The number of hydrogen-bond donors (Lipinski definition) is 1. The molecule has 1 heterocycles. The smallest absolute Gasteiger partial charge is 0.0332 e. The highest BCUT2D eigenvalue weighted by Gasteiger charge is 2.25. The molecule has 1 saturated heterocycles. The van der Waals surface area contributed by atoms with Crippen molar-refractivity contribution in [3.63, 3.8) is 0 Å². The van der Waals surface area contributed by atoms with Gasteiger partial charge in [-0.05, 0) is 62.8 Å². The van der Waals surface area contributed by atoms with Crippen LogP contribution in [0.2, 0.25) is 0 Å². The fourth-order valence-electron chi connectivity index (χ4n) is 3.08. The van der Waals surface area contributed by atoms with E-state index in [2.05, 4.69) is 61.3 Å². The third kappa shape index (κ3) is 5.44. The Morgan fingerprint density at radius 2 is 1.81 bits per heavy atom. The normalized spacial score (nSPS) is 20.3. The fraction of sp³-hybridized carbons (Fsp3) is 0.684. The molecule has 2 rings (SSSR count). The van der Waals surface area contributed by atoms with E-state index < -0.39 is 0 Å². The Kier molecular flexibility index (Phi) is 6.25. The van der Waals surface area contributed by atoms with E-state index in [0.29, 0.717) is 11.5 Å². The molecule has 0 amide bonds. The van der Waals surface area contributed by atoms with E-state index in [1.54, 1.807) is 0 Å². The van der Waals surface area contributed by atoms with Gasteiger partial charge in [-0.15, -0.1) is 0 Å². The topological polar surface area (TPSA) is 15.3 Å². The summed E-state index contributed by atoms with van der Waals surface area (Å²) in [6, 6.07) is 11.4. The van der Waals surface area contributed by atoms with Gasteiger partial charge >= 0.3 is 0 Å². The number of hydrogen-bond acceptors (Lipinski definition) is 2. The Bertz CT molecular complexity index is 389. The average molecular weight is 288 g/mol. The molecule has 1 unspecified atom stereocenters. The molecule has 2 nitrogen and oxygen atoms in total. The highest BCUT2D eigenvalue weighted by molar-refractivity contribution is 5.18. The lowest BCUT2D eigenvalue weighted by atomic mass is 9.82. The minimum Gasteiger partial charge on any atom is -0.310 e. The Balaban J connectivity index is 1.85. The standard InChI is InChI=1S/C19H32N2/c1-4-13-20-18(17-8-6-5-7-9-17)10-14-21-15-11-19(2,3)12-16-21/h5-9,18,20H,4,10-16H2,1-3H3. The first-order valence-electron chi connectivity index (χ1n) is 8.61. The predicted octanol–water partition coefficient (Wildman–Crippen LogP) is 4.24. The van der Waals surface area contributed by atoms with Gasteiger partial charge in [0.1, 0.15) is 0 Å². The number of nitrogens with one attached hydrogen (secondary N) is 1. The van der Waals surface area contributed by atoms with Crippen LogP contribution >= 0.6 is 0 Å². The van der Waals surface area contributed by atoms with E-state index in [4.69, 9.17) is 0 Å². The van der Waals surface area contributed by atoms with Crippen molar-refractivity contribution in [3.8, 4) is 0 Å². The minimum atomic E-state index is 0.501. The Labute approximate surface area is 130 Å². The summed E-state index contributed by atoms with van der Waals surface area (Å²) in [7, 11) is 0. The molecule has 1 atom stereocenters. The maximum Gasteiger partial charge on any atom is 0.0332 e. The van der Waals surface area contributed by atoms with Crippen molar-refractivity contribution >= 4 is 0 Å². The molecule has 1 aromatic rings. The first-order valence-corrected chi connectivity index (χ1v) is 8.61. The van der Waals surface area contributed by atoms with Crippen LogP contribution in [-0.2, 0) is 0 Å². The monoisotopic (exact) mass is 288 g/mol. The first kappa shape index (κ1) is 16.5. The third-order valence-corrected chi connectivity index (χ3v) is 4.79. The van der Waals surface area contributed by atoms with Gasteiger partial charge in [0.05, 0.1) is 0 Å². The summed E-state index contributed by atoms with van der Waals surface area (Å²) in [4.78, 5) is 2.65. The molecule has 1 aliphatic heterocycles. The lowest BCUT2D eigenvalue weighted by Crippen LogP contribution is -2.39. The van der Waals surface area contributed by atoms with Gasteiger partial charge in [0.2, 0.25) is 0 Å². The second kappa shape index (κ2) is 7.95. The second-order valence-electron chi connectivity index (χ2n) is 7.21. The molecule has 0 aliphatic carbocycles. The van der Waals surface area contributed by atoms with Gasteiger partial charge in [0, 0.05) is 6.04 Å². The Hall–Kier alpha value is -0.860. The highest BCUT2D eigenvalue weighted by atomic mass is 15.1. The zero-order chi connectivity index (χ0) is 15.1. The van der Waals surface area contributed by atoms with Crippen molar-refractivity contribution in [2.75, 3.05) is 26.2 Å². The van der Waals surface area contributed by atoms with Gasteiger partial charge < -0.3 is 10.2 Å². The van der Waals surface area contributed by atoms with Crippen LogP contribution in [0, 0.1) is 5.41 Å². The molecule has 21 heavy (non-hydrogen) atoms. The van der Waals surface area contributed by atoms with E-state index in [1.807, 2.05) is 0 Å². The molecule has 2 heteroatoms. The summed E-state index contributed by atoms with van der Waals surface area (Å²) < 4.78 is 0. The number of rotatable bonds is 7. The molecule has 118 valence electrons. The van der Waals surface area contributed by atoms with E-state index in [1.165, 1.54) is 50.9 Å². The molecule has 0 aromatic heterocycles. The second-order valence-corrected chi connectivity index (χ2v) is 7.21. The summed E-state index contributed by atoms with van der Waals surface area (Å²) in [6.07, 6.45) is 5.09. The van der Waals surface area contributed by atoms with Crippen LogP contribution in [0.25, 0.3) is 0 Å². The van der Waals surface area contributed by atoms with Crippen molar-refractivity contribution in [2.45, 2.75) is 52.5 Å². The van der Waals surface area contributed by atoms with Crippen LogP contribution < -0.4 is 5.32 Å². The summed E-state index contributed by atoms with van der Waals surface area (Å²) in [5.74, 6) is 0. The first-order chi connectivity index (χ1) is 10.1. The van der Waals surface area contributed by atoms with E-state index in [-0.39, 0.29) is 0 Å². The maximum absolute atomic E-state index is 3.71. The van der Waals surface area contributed by atoms with Gasteiger partial charge in [0.15, 0.2) is 0 Å². The molecule has 1 aromatic carbocycles.